The van der Waals surface area contributed by atoms with Crippen molar-refractivity contribution in [1.82, 2.24) is 4.98 Å². The number of nitrogens with zero attached hydrogens (tertiary/aromatic N) is 1. The van der Waals surface area contributed by atoms with Gasteiger partial charge in [-0.3, -0.25) is 4.39 Å². The highest BCUT2D eigenvalue weighted by molar-refractivity contribution is 5.91. The van der Waals surface area contributed by atoms with Crippen LogP contribution in [-0.2, 0) is 0 Å². The molecule has 1 aromatic rings. The number of hydrogen-bond donors (Lipinski definition) is 3. The van der Waals surface area contributed by atoms with Crippen molar-refractivity contribution < 1.29 is 4.39 Å². The molecule has 2 atom stereocenters. The Morgan fingerprint density at radius 1 is 1.58 bits per heavy atom. The number of nitrogen functional groups attached to an aromatic ring is 1. The molecule has 104 valence electrons. The van der Waals surface area contributed by atoms with Crippen molar-refractivity contribution in [3.63, 3.8) is 0 Å². The number of alkyl halides is 1. The maximum absolute atomic E-state index is 12.3. The minimum Gasteiger partial charge on any atom is -0.398 e. The van der Waals surface area contributed by atoms with Crippen LogP contribution < -0.4 is 11.1 Å². The molecule has 2 rings (SSSR count). The second kappa shape index (κ2) is 5.99. The molecule has 1 aliphatic carbocycles. The van der Waals surface area contributed by atoms with Gasteiger partial charge in [-0.2, -0.15) is 0 Å². The first-order valence-corrected chi connectivity index (χ1v) is 6.74. The zero-order valence-corrected chi connectivity index (χ0v) is 11.2. The number of halogens is 1. The van der Waals surface area contributed by atoms with Gasteiger partial charge < -0.3 is 16.5 Å². The van der Waals surface area contributed by atoms with E-state index in [9.17, 15) is 4.39 Å². The summed E-state index contributed by atoms with van der Waals surface area (Å²) in [5, 5.41) is 10.8. The molecule has 0 saturated heterocycles. The lowest BCUT2D eigenvalue weighted by Crippen LogP contribution is -2.18. The summed E-state index contributed by atoms with van der Waals surface area (Å²) in [6, 6.07) is 2.08. The Hall–Kier alpha value is -1.65. The molecule has 5 heteroatoms. The third kappa shape index (κ3) is 3.22. The standard InChI is InChI=1S/C14H21FN4/c1-9-6-13(17)12(8-16)14(18-9)19-11-3-2-10(7-11)4-5-15/h6,8,10-11,16H,2-5,7H2,1H3,(H3,17,18,19). The van der Waals surface area contributed by atoms with E-state index in [1.807, 2.05) is 6.92 Å². The van der Waals surface area contributed by atoms with Gasteiger partial charge in [0.1, 0.15) is 5.82 Å². The Morgan fingerprint density at radius 3 is 3.05 bits per heavy atom. The molecule has 0 aromatic carbocycles. The molecule has 0 radical (unpaired) electrons. The van der Waals surface area contributed by atoms with Gasteiger partial charge >= 0.3 is 0 Å². The molecule has 4 nitrogen and oxygen atoms in total. The van der Waals surface area contributed by atoms with E-state index in [4.69, 9.17) is 11.1 Å². The van der Waals surface area contributed by atoms with Crippen LogP contribution in [0.3, 0.4) is 0 Å². The number of aromatic nitrogens is 1. The first kappa shape index (κ1) is 13.8. The maximum Gasteiger partial charge on any atom is 0.137 e. The normalized spacial score (nSPS) is 22.4. The number of hydrogen-bond acceptors (Lipinski definition) is 4. The fourth-order valence-corrected chi connectivity index (χ4v) is 2.79. The van der Waals surface area contributed by atoms with Gasteiger partial charge in [0.25, 0.3) is 0 Å². The number of aryl methyl sites for hydroxylation is 1. The van der Waals surface area contributed by atoms with E-state index in [2.05, 4.69) is 10.3 Å². The van der Waals surface area contributed by atoms with E-state index >= 15 is 0 Å². The van der Waals surface area contributed by atoms with E-state index in [-0.39, 0.29) is 6.67 Å². The Kier molecular flexibility index (Phi) is 4.35. The van der Waals surface area contributed by atoms with Crippen LogP contribution in [0.2, 0.25) is 0 Å². The molecule has 1 heterocycles. The minimum absolute atomic E-state index is 0.237. The molecule has 0 spiro atoms. The number of nitrogens with one attached hydrogen (secondary N) is 2. The average Bonchev–Trinajstić information content (AvgIpc) is 2.76. The summed E-state index contributed by atoms with van der Waals surface area (Å²) in [5.41, 5.74) is 7.95. The van der Waals surface area contributed by atoms with Crippen molar-refractivity contribution in [2.45, 2.75) is 38.6 Å². The van der Waals surface area contributed by atoms with Crippen LogP contribution in [0.5, 0.6) is 0 Å². The van der Waals surface area contributed by atoms with Crippen LogP contribution in [-0.4, -0.2) is 23.9 Å². The zero-order valence-electron chi connectivity index (χ0n) is 11.2. The van der Waals surface area contributed by atoms with Crippen LogP contribution in [0.15, 0.2) is 6.07 Å². The summed E-state index contributed by atoms with van der Waals surface area (Å²) in [6.07, 6.45) is 4.94. The van der Waals surface area contributed by atoms with Gasteiger partial charge in [0.05, 0.1) is 12.2 Å². The molecule has 19 heavy (non-hydrogen) atoms. The van der Waals surface area contributed by atoms with Crippen LogP contribution in [0.25, 0.3) is 0 Å². The van der Waals surface area contributed by atoms with Crippen molar-refractivity contribution in [1.29, 1.82) is 5.41 Å². The maximum atomic E-state index is 12.3. The van der Waals surface area contributed by atoms with Gasteiger partial charge in [-0.1, -0.05) is 0 Å². The lowest BCUT2D eigenvalue weighted by atomic mass is 10.0. The molecule has 1 saturated carbocycles. The number of nitrogens with two attached hydrogens (primary N) is 1. The molecular formula is C14H21FN4. The molecule has 1 aliphatic rings. The largest absolute Gasteiger partial charge is 0.398 e. The Morgan fingerprint density at radius 2 is 2.37 bits per heavy atom. The fourth-order valence-electron chi connectivity index (χ4n) is 2.79. The molecular weight excluding hydrogens is 243 g/mol. The van der Waals surface area contributed by atoms with Gasteiger partial charge in [0, 0.05) is 23.6 Å². The van der Waals surface area contributed by atoms with Crippen LogP contribution in [0, 0.1) is 18.3 Å². The molecule has 0 aliphatic heterocycles. The van der Waals surface area contributed by atoms with Crippen molar-refractivity contribution >= 4 is 17.7 Å². The summed E-state index contributed by atoms with van der Waals surface area (Å²) in [4.78, 5) is 4.42. The molecule has 4 N–H and O–H groups in total. The number of anilines is 2. The summed E-state index contributed by atoms with van der Waals surface area (Å²) in [6.45, 7) is 1.65. The highest BCUT2D eigenvalue weighted by atomic mass is 19.1. The van der Waals surface area contributed by atoms with Crippen molar-refractivity contribution in [2.75, 3.05) is 17.7 Å². The smallest absolute Gasteiger partial charge is 0.137 e. The predicted molar refractivity (Wildman–Crippen MR) is 76.6 cm³/mol. The highest BCUT2D eigenvalue weighted by Crippen LogP contribution is 2.31. The fraction of sp³-hybridized carbons (Fsp3) is 0.571. The summed E-state index contributed by atoms with van der Waals surface area (Å²) in [5.74, 6) is 1.14. The van der Waals surface area contributed by atoms with Gasteiger partial charge in [0.15, 0.2) is 0 Å². The van der Waals surface area contributed by atoms with Crippen LogP contribution in [0.4, 0.5) is 15.9 Å². The van der Waals surface area contributed by atoms with Crippen molar-refractivity contribution in [2.24, 2.45) is 5.92 Å². The SMILES string of the molecule is Cc1cc(N)c(C=N)c(NC2CCC(CCF)C2)n1. The van der Waals surface area contributed by atoms with Gasteiger partial charge in [-0.15, -0.1) is 0 Å². The first-order chi connectivity index (χ1) is 9.13. The number of pyridine rings is 1. The molecule has 1 fully saturated rings. The topological polar surface area (TPSA) is 74.8 Å². The summed E-state index contributed by atoms with van der Waals surface area (Å²) in [7, 11) is 0. The lowest BCUT2D eigenvalue weighted by Gasteiger charge is -2.17. The Bertz CT molecular complexity index is 461. The highest BCUT2D eigenvalue weighted by Gasteiger charge is 2.25. The third-order valence-electron chi connectivity index (χ3n) is 3.76. The average molecular weight is 264 g/mol. The molecule has 0 amide bonds. The second-order valence-electron chi connectivity index (χ2n) is 5.26. The Labute approximate surface area is 113 Å². The van der Waals surface area contributed by atoms with Crippen LogP contribution >= 0.6 is 0 Å². The quantitative estimate of drug-likeness (QED) is 0.716. The van der Waals surface area contributed by atoms with Gasteiger partial charge in [-0.25, -0.2) is 4.98 Å². The monoisotopic (exact) mass is 264 g/mol. The van der Waals surface area contributed by atoms with E-state index in [1.54, 1.807) is 6.07 Å². The first-order valence-electron chi connectivity index (χ1n) is 6.74. The molecule has 2 unspecified atom stereocenters. The third-order valence-corrected chi connectivity index (χ3v) is 3.76. The van der Waals surface area contributed by atoms with E-state index < -0.39 is 0 Å². The minimum atomic E-state index is -0.237. The van der Waals surface area contributed by atoms with E-state index in [0.29, 0.717) is 35.4 Å². The van der Waals surface area contributed by atoms with Gasteiger partial charge in [0.2, 0.25) is 0 Å². The summed E-state index contributed by atoms with van der Waals surface area (Å²) < 4.78 is 12.3. The predicted octanol–water partition coefficient (Wildman–Crippen LogP) is 2.91. The van der Waals surface area contributed by atoms with Crippen molar-refractivity contribution in [3.8, 4) is 0 Å². The van der Waals surface area contributed by atoms with E-state index in [1.165, 1.54) is 6.21 Å². The van der Waals surface area contributed by atoms with Gasteiger partial charge in [-0.05, 0) is 44.6 Å². The lowest BCUT2D eigenvalue weighted by molar-refractivity contribution is 0.390. The van der Waals surface area contributed by atoms with Crippen molar-refractivity contribution in [3.05, 3.63) is 17.3 Å². The number of rotatable bonds is 5. The Balaban J connectivity index is 2.09. The second-order valence-corrected chi connectivity index (χ2v) is 5.26. The van der Waals surface area contributed by atoms with Crippen LogP contribution in [0.1, 0.15) is 36.9 Å². The zero-order chi connectivity index (χ0) is 13.8. The molecule has 0 bridgehead atoms. The molecule has 1 aromatic heterocycles. The van der Waals surface area contributed by atoms with E-state index in [0.717, 1.165) is 25.0 Å². The summed E-state index contributed by atoms with van der Waals surface area (Å²) >= 11 is 0.